The molecule has 20 heavy (non-hydrogen) atoms. The Morgan fingerprint density at radius 1 is 1.45 bits per heavy atom. The van der Waals surface area contributed by atoms with Crippen LogP contribution in [0.5, 0.6) is 0 Å². The number of carboxylic acid groups (broad SMARTS) is 1. The van der Waals surface area contributed by atoms with E-state index in [1.54, 1.807) is 11.3 Å². The number of rotatable bonds is 3. The minimum Gasteiger partial charge on any atom is -0.480 e. The second kappa shape index (κ2) is 6.22. The number of nitrogens with zero attached hydrogens (tertiary/aromatic N) is 2. The average molecular weight is 296 g/mol. The van der Waals surface area contributed by atoms with E-state index < -0.39 is 5.97 Å². The van der Waals surface area contributed by atoms with Gasteiger partial charge in [0.15, 0.2) is 0 Å². The number of hydrogen-bond donors (Lipinski definition) is 1. The molecule has 2 rings (SSSR count). The van der Waals surface area contributed by atoms with Crippen molar-refractivity contribution < 1.29 is 9.90 Å². The molecule has 1 saturated heterocycles. The normalized spacial score (nSPS) is 21.6. The Morgan fingerprint density at radius 3 is 2.80 bits per heavy atom. The monoisotopic (exact) mass is 296 g/mol. The molecule has 4 nitrogen and oxygen atoms in total. The van der Waals surface area contributed by atoms with Crippen LogP contribution < -0.4 is 0 Å². The first-order chi connectivity index (χ1) is 9.38. The summed E-state index contributed by atoms with van der Waals surface area (Å²) in [6.45, 7) is 7.98. The Kier molecular flexibility index (Phi) is 4.81. The third-order valence-electron chi connectivity index (χ3n) is 3.71. The van der Waals surface area contributed by atoms with Gasteiger partial charge in [0, 0.05) is 17.3 Å². The molecular formula is C15H24N2O2S. The van der Waals surface area contributed by atoms with Crippen LogP contribution >= 0.6 is 11.3 Å². The maximum absolute atomic E-state index is 11.4. The standard InChI is InChI=1S/C15H24N2O2S/c1-15(2,3)14-16-11(10-20-14)9-17-8-6-4-5-7-12(17)13(18)19/h10,12H,4-9H2,1-3H3,(H,18,19). The molecule has 1 N–H and O–H groups in total. The third-order valence-corrected chi connectivity index (χ3v) is 5.02. The van der Waals surface area contributed by atoms with Gasteiger partial charge in [0.2, 0.25) is 0 Å². The van der Waals surface area contributed by atoms with Crippen molar-refractivity contribution in [3.8, 4) is 0 Å². The number of thiazole rings is 1. The van der Waals surface area contributed by atoms with E-state index in [9.17, 15) is 9.90 Å². The molecule has 0 bridgehead atoms. The van der Waals surface area contributed by atoms with Crippen molar-refractivity contribution in [1.29, 1.82) is 0 Å². The summed E-state index contributed by atoms with van der Waals surface area (Å²) >= 11 is 1.67. The molecule has 0 aromatic carbocycles. The molecule has 5 heteroatoms. The number of likely N-dealkylation sites (tertiary alicyclic amines) is 1. The van der Waals surface area contributed by atoms with Crippen molar-refractivity contribution in [3.63, 3.8) is 0 Å². The maximum Gasteiger partial charge on any atom is 0.320 e. The first-order valence-corrected chi connectivity index (χ1v) is 8.17. The molecule has 0 aliphatic carbocycles. The van der Waals surface area contributed by atoms with E-state index in [2.05, 4.69) is 36.0 Å². The van der Waals surface area contributed by atoms with E-state index in [-0.39, 0.29) is 11.5 Å². The molecule has 1 unspecified atom stereocenters. The minimum absolute atomic E-state index is 0.0634. The minimum atomic E-state index is -0.696. The van der Waals surface area contributed by atoms with Gasteiger partial charge in [0.1, 0.15) is 6.04 Å². The smallest absolute Gasteiger partial charge is 0.320 e. The molecule has 1 fully saturated rings. The van der Waals surface area contributed by atoms with Crippen molar-refractivity contribution >= 4 is 17.3 Å². The summed E-state index contributed by atoms with van der Waals surface area (Å²) in [5.41, 5.74) is 1.07. The van der Waals surface area contributed by atoms with Crippen LogP contribution in [0, 0.1) is 0 Å². The second-order valence-corrected chi connectivity index (χ2v) is 7.43. The van der Waals surface area contributed by atoms with Gasteiger partial charge in [0.05, 0.1) is 10.7 Å². The van der Waals surface area contributed by atoms with Crippen LogP contribution in [-0.4, -0.2) is 33.5 Å². The molecule has 2 heterocycles. The fourth-order valence-corrected chi connectivity index (χ4v) is 3.47. The molecule has 112 valence electrons. The highest BCUT2D eigenvalue weighted by Gasteiger charge is 2.28. The summed E-state index contributed by atoms with van der Waals surface area (Å²) in [6.07, 6.45) is 3.98. The first-order valence-electron chi connectivity index (χ1n) is 7.29. The van der Waals surface area contributed by atoms with Crippen LogP contribution in [0.4, 0.5) is 0 Å². The van der Waals surface area contributed by atoms with Crippen LogP contribution in [0.3, 0.4) is 0 Å². The first kappa shape index (κ1) is 15.4. The molecular weight excluding hydrogens is 272 g/mol. The zero-order valence-electron chi connectivity index (χ0n) is 12.6. The third kappa shape index (κ3) is 3.79. The number of carboxylic acids is 1. The molecule has 0 saturated carbocycles. The maximum atomic E-state index is 11.4. The highest BCUT2D eigenvalue weighted by molar-refractivity contribution is 7.09. The van der Waals surface area contributed by atoms with Crippen molar-refractivity contribution in [2.75, 3.05) is 6.54 Å². The lowest BCUT2D eigenvalue weighted by Gasteiger charge is -2.25. The number of aromatic nitrogens is 1. The summed E-state index contributed by atoms with van der Waals surface area (Å²) < 4.78 is 0. The number of aliphatic carboxylic acids is 1. The summed E-state index contributed by atoms with van der Waals surface area (Å²) in [6, 6.07) is -0.350. The van der Waals surface area contributed by atoms with Gasteiger partial charge in [-0.05, 0) is 19.4 Å². The molecule has 1 aliphatic heterocycles. The van der Waals surface area contributed by atoms with Gasteiger partial charge in [-0.15, -0.1) is 11.3 Å². The Bertz CT molecular complexity index is 465. The van der Waals surface area contributed by atoms with Gasteiger partial charge in [0.25, 0.3) is 0 Å². The second-order valence-electron chi connectivity index (χ2n) is 6.57. The highest BCUT2D eigenvalue weighted by atomic mass is 32.1. The summed E-state index contributed by atoms with van der Waals surface area (Å²) in [4.78, 5) is 18.2. The summed E-state index contributed by atoms with van der Waals surface area (Å²) in [5.74, 6) is -0.696. The lowest BCUT2D eigenvalue weighted by atomic mass is 9.98. The molecule has 1 atom stereocenters. The van der Waals surface area contributed by atoms with E-state index in [1.165, 1.54) is 0 Å². The van der Waals surface area contributed by atoms with Crippen LogP contribution in [0.2, 0.25) is 0 Å². The van der Waals surface area contributed by atoms with Crippen molar-refractivity contribution in [2.24, 2.45) is 0 Å². The van der Waals surface area contributed by atoms with E-state index in [0.29, 0.717) is 6.54 Å². The van der Waals surface area contributed by atoms with Crippen molar-refractivity contribution in [1.82, 2.24) is 9.88 Å². The van der Waals surface area contributed by atoms with E-state index in [4.69, 9.17) is 0 Å². The molecule has 1 aromatic rings. The van der Waals surface area contributed by atoms with Gasteiger partial charge in [-0.2, -0.15) is 0 Å². The van der Waals surface area contributed by atoms with Gasteiger partial charge < -0.3 is 5.11 Å². The molecule has 0 spiro atoms. The molecule has 0 amide bonds. The van der Waals surface area contributed by atoms with Gasteiger partial charge >= 0.3 is 5.97 Å². The number of carbonyl (C=O) groups is 1. The lowest BCUT2D eigenvalue weighted by molar-refractivity contribution is -0.143. The number of hydrogen-bond acceptors (Lipinski definition) is 4. The summed E-state index contributed by atoms with van der Waals surface area (Å²) in [5, 5.41) is 12.6. The Balaban J connectivity index is 2.10. The van der Waals surface area contributed by atoms with Gasteiger partial charge in [-0.1, -0.05) is 33.6 Å². The van der Waals surface area contributed by atoms with Crippen LogP contribution in [0.1, 0.15) is 57.2 Å². The van der Waals surface area contributed by atoms with E-state index >= 15 is 0 Å². The quantitative estimate of drug-likeness (QED) is 0.930. The molecule has 1 aliphatic rings. The molecule has 1 aromatic heterocycles. The van der Waals surface area contributed by atoms with E-state index in [0.717, 1.165) is 42.9 Å². The van der Waals surface area contributed by atoms with Crippen molar-refractivity contribution in [2.45, 2.75) is 64.5 Å². The predicted molar refractivity (Wildman–Crippen MR) is 81.1 cm³/mol. The average Bonchev–Trinajstić information content (AvgIpc) is 2.68. The van der Waals surface area contributed by atoms with Gasteiger partial charge in [-0.25, -0.2) is 4.98 Å². The Morgan fingerprint density at radius 2 is 2.20 bits per heavy atom. The molecule has 0 radical (unpaired) electrons. The van der Waals surface area contributed by atoms with Crippen molar-refractivity contribution in [3.05, 3.63) is 16.1 Å². The Labute approximate surface area is 124 Å². The fourth-order valence-electron chi connectivity index (χ4n) is 2.57. The van der Waals surface area contributed by atoms with Crippen LogP contribution in [-0.2, 0) is 16.8 Å². The predicted octanol–water partition coefficient (Wildman–Crippen LogP) is 3.27. The zero-order valence-corrected chi connectivity index (χ0v) is 13.4. The zero-order chi connectivity index (χ0) is 14.8. The highest BCUT2D eigenvalue weighted by Crippen LogP contribution is 2.27. The lowest BCUT2D eigenvalue weighted by Crippen LogP contribution is -2.40. The Hall–Kier alpha value is -0.940. The SMILES string of the molecule is CC(C)(C)c1nc(CN2CCCCCC2C(=O)O)cs1. The largest absolute Gasteiger partial charge is 0.480 e. The van der Waals surface area contributed by atoms with Gasteiger partial charge in [-0.3, -0.25) is 9.69 Å². The van der Waals surface area contributed by atoms with Crippen LogP contribution in [0.25, 0.3) is 0 Å². The topological polar surface area (TPSA) is 53.4 Å². The summed E-state index contributed by atoms with van der Waals surface area (Å²) in [7, 11) is 0. The van der Waals surface area contributed by atoms with Crippen LogP contribution in [0.15, 0.2) is 5.38 Å². The van der Waals surface area contributed by atoms with E-state index in [1.807, 2.05) is 0 Å². The fraction of sp³-hybridized carbons (Fsp3) is 0.733.